The normalized spacial score (nSPS) is 11.6. The lowest BCUT2D eigenvalue weighted by Gasteiger charge is -2.17. The van der Waals surface area contributed by atoms with Gasteiger partial charge in [0.05, 0.1) is 16.7 Å². The molecule has 1 heterocycles. The summed E-state index contributed by atoms with van der Waals surface area (Å²) in [5, 5.41) is 7.78. The second-order valence-electron chi connectivity index (χ2n) is 9.95. The lowest BCUT2D eigenvalue weighted by Crippen LogP contribution is -2.23. The van der Waals surface area contributed by atoms with Crippen LogP contribution in [0.5, 0.6) is 0 Å². The lowest BCUT2D eigenvalue weighted by atomic mass is 9.48. The molecule has 0 saturated carbocycles. The molecule has 0 spiro atoms. The molecule has 0 fully saturated rings. The third-order valence-corrected chi connectivity index (χ3v) is 7.59. The average molecular weight is 459 g/mol. The van der Waals surface area contributed by atoms with Gasteiger partial charge in [0.15, 0.2) is 6.71 Å². The number of rotatable bonds is 3. The van der Waals surface area contributed by atoms with E-state index in [0.717, 1.165) is 0 Å². The van der Waals surface area contributed by atoms with Gasteiger partial charge >= 0.3 is 0 Å². The van der Waals surface area contributed by atoms with Crippen LogP contribution in [0.4, 0.5) is 0 Å². The van der Waals surface area contributed by atoms with Crippen LogP contribution < -0.4 is 5.46 Å². The molecule has 0 unspecified atom stereocenters. The van der Waals surface area contributed by atoms with Crippen molar-refractivity contribution in [3.05, 3.63) is 121 Å². The fraction of sp³-hybridized carbons (Fsp3) is 0.0588. The highest BCUT2D eigenvalue weighted by molar-refractivity contribution is 6.73. The standard InChI is InChI=1S/C34H26BN/c1-35(2)31-21-19-25(23-11-3-5-13-27(23)31)26-20-22-34(28-14-6-4-12-24(26)28)36-32-17-9-7-15-29(32)30-16-8-10-18-33(30)36/h3-22H,1-2H3. The Kier molecular flexibility index (Phi) is 4.75. The molecule has 0 amide bonds. The zero-order valence-electron chi connectivity index (χ0n) is 20.6. The van der Waals surface area contributed by atoms with E-state index >= 15 is 0 Å². The molecule has 1 nitrogen and oxygen atoms in total. The molecular weight excluding hydrogens is 433 g/mol. The number of nitrogens with zero attached hydrogens (tertiary/aromatic N) is 1. The summed E-state index contributed by atoms with van der Waals surface area (Å²) in [5.74, 6) is 0. The summed E-state index contributed by atoms with van der Waals surface area (Å²) >= 11 is 0. The van der Waals surface area contributed by atoms with Crippen molar-refractivity contribution in [1.82, 2.24) is 4.57 Å². The molecule has 7 rings (SSSR count). The highest BCUT2D eigenvalue weighted by Crippen LogP contribution is 2.39. The predicted octanol–water partition coefficient (Wildman–Crippen LogP) is 8.72. The van der Waals surface area contributed by atoms with Crippen molar-refractivity contribution in [2.45, 2.75) is 13.6 Å². The molecular formula is C34H26BN. The van der Waals surface area contributed by atoms with Crippen molar-refractivity contribution < 1.29 is 0 Å². The van der Waals surface area contributed by atoms with Gasteiger partial charge in [-0.3, -0.25) is 0 Å². The summed E-state index contributed by atoms with van der Waals surface area (Å²) in [7, 11) is 0. The summed E-state index contributed by atoms with van der Waals surface area (Å²) in [4.78, 5) is 0. The van der Waals surface area contributed by atoms with E-state index in [1.807, 2.05) is 0 Å². The van der Waals surface area contributed by atoms with Gasteiger partial charge in [0.1, 0.15) is 0 Å². The Bertz CT molecular complexity index is 1870. The average Bonchev–Trinajstić information content (AvgIpc) is 3.26. The molecule has 0 aliphatic rings. The Morgan fingerprint density at radius 1 is 0.417 bits per heavy atom. The van der Waals surface area contributed by atoms with Crippen LogP contribution in [-0.4, -0.2) is 11.3 Å². The van der Waals surface area contributed by atoms with Gasteiger partial charge in [0.2, 0.25) is 0 Å². The largest absolute Gasteiger partial charge is 0.309 e. The maximum absolute atomic E-state index is 2.43. The molecule has 1 aromatic heterocycles. The monoisotopic (exact) mass is 459 g/mol. The zero-order valence-corrected chi connectivity index (χ0v) is 20.6. The van der Waals surface area contributed by atoms with Crippen LogP contribution in [0.2, 0.25) is 13.6 Å². The second kappa shape index (κ2) is 8.14. The van der Waals surface area contributed by atoms with Crippen molar-refractivity contribution in [3.63, 3.8) is 0 Å². The number of fused-ring (bicyclic) bond motifs is 5. The molecule has 0 atom stereocenters. The van der Waals surface area contributed by atoms with Crippen molar-refractivity contribution in [2.24, 2.45) is 0 Å². The molecule has 170 valence electrons. The SMILES string of the molecule is CB(C)c1ccc(-c2ccc(-n3c4ccccc4c4ccccc43)c3ccccc23)c2ccccc12. The number of benzene rings is 6. The first-order valence-corrected chi connectivity index (χ1v) is 12.7. The van der Waals surface area contributed by atoms with Gasteiger partial charge in [0, 0.05) is 16.2 Å². The minimum Gasteiger partial charge on any atom is -0.309 e. The van der Waals surface area contributed by atoms with E-state index in [9.17, 15) is 0 Å². The number of aromatic nitrogens is 1. The third-order valence-electron chi connectivity index (χ3n) is 7.59. The number of hydrogen-bond donors (Lipinski definition) is 0. The quantitative estimate of drug-likeness (QED) is 0.233. The third kappa shape index (κ3) is 3.04. The minimum atomic E-state index is 0.485. The number of para-hydroxylation sites is 2. The van der Waals surface area contributed by atoms with Crippen LogP contribution in [0.1, 0.15) is 0 Å². The van der Waals surface area contributed by atoms with Gasteiger partial charge in [-0.1, -0.05) is 122 Å². The molecule has 0 aliphatic carbocycles. The molecule has 36 heavy (non-hydrogen) atoms. The Morgan fingerprint density at radius 3 is 1.44 bits per heavy atom. The van der Waals surface area contributed by atoms with Crippen LogP contribution in [0, 0.1) is 0 Å². The minimum absolute atomic E-state index is 0.485. The van der Waals surface area contributed by atoms with Crippen molar-refractivity contribution in [2.75, 3.05) is 0 Å². The molecule has 0 aliphatic heterocycles. The number of hydrogen-bond acceptors (Lipinski definition) is 0. The Morgan fingerprint density at radius 2 is 0.861 bits per heavy atom. The second-order valence-corrected chi connectivity index (χ2v) is 9.95. The van der Waals surface area contributed by atoms with Crippen molar-refractivity contribution in [3.8, 4) is 16.8 Å². The zero-order chi connectivity index (χ0) is 24.2. The Labute approximate surface area is 211 Å². The van der Waals surface area contributed by atoms with Crippen molar-refractivity contribution >= 4 is 55.5 Å². The fourth-order valence-corrected chi connectivity index (χ4v) is 5.96. The molecule has 0 N–H and O–H groups in total. The molecule has 0 radical (unpaired) electrons. The van der Waals surface area contributed by atoms with E-state index in [1.54, 1.807) is 0 Å². The summed E-state index contributed by atoms with van der Waals surface area (Å²) < 4.78 is 2.43. The summed E-state index contributed by atoms with van der Waals surface area (Å²) in [6, 6.07) is 44.4. The van der Waals surface area contributed by atoms with Crippen LogP contribution in [0.3, 0.4) is 0 Å². The first kappa shape index (κ1) is 21.0. The van der Waals surface area contributed by atoms with Gasteiger partial charge < -0.3 is 4.57 Å². The summed E-state index contributed by atoms with van der Waals surface area (Å²) in [5.41, 5.74) is 7.67. The van der Waals surface area contributed by atoms with Gasteiger partial charge in [-0.05, 0) is 45.5 Å². The van der Waals surface area contributed by atoms with E-state index in [4.69, 9.17) is 0 Å². The molecule has 0 bridgehead atoms. The van der Waals surface area contributed by atoms with Crippen molar-refractivity contribution in [1.29, 1.82) is 0 Å². The molecule has 7 aromatic rings. The highest BCUT2D eigenvalue weighted by Gasteiger charge is 2.17. The smallest absolute Gasteiger partial charge is 0.170 e. The van der Waals surface area contributed by atoms with E-state index in [2.05, 4.69) is 140 Å². The molecule has 2 heteroatoms. The fourth-order valence-electron chi connectivity index (χ4n) is 5.96. The van der Waals surface area contributed by atoms with E-state index < -0.39 is 0 Å². The van der Waals surface area contributed by atoms with Crippen LogP contribution in [-0.2, 0) is 0 Å². The first-order valence-electron chi connectivity index (χ1n) is 12.7. The van der Waals surface area contributed by atoms with Crippen LogP contribution in [0.15, 0.2) is 121 Å². The van der Waals surface area contributed by atoms with Crippen LogP contribution >= 0.6 is 0 Å². The predicted molar refractivity (Wildman–Crippen MR) is 158 cm³/mol. The van der Waals surface area contributed by atoms with Crippen LogP contribution in [0.25, 0.3) is 60.2 Å². The van der Waals surface area contributed by atoms with Gasteiger partial charge in [-0.2, -0.15) is 0 Å². The molecule has 0 saturated heterocycles. The van der Waals surface area contributed by atoms with Gasteiger partial charge in [-0.15, -0.1) is 0 Å². The van der Waals surface area contributed by atoms with E-state index in [1.165, 1.54) is 65.6 Å². The maximum Gasteiger partial charge on any atom is 0.170 e. The summed E-state index contributed by atoms with van der Waals surface area (Å²) in [6.45, 7) is 5.03. The maximum atomic E-state index is 2.43. The van der Waals surface area contributed by atoms with Gasteiger partial charge in [-0.25, -0.2) is 0 Å². The first-order chi connectivity index (χ1) is 17.7. The highest BCUT2D eigenvalue weighted by atomic mass is 15.0. The van der Waals surface area contributed by atoms with Gasteiger partial charge in [0.25, 0.3) is 0 Å². The Balaban J connectivity index is 1.55. The lowest BCUT2D eigenvalue weighted by molar-refractivity contribution is 1.20. The summed E-state index contributed by atoms with van der Waals surface area (Å²) in [6.07, 6.45) is 0. The topological polar surface area (TPSA) is 4.93 Å². The van der Waals surface area contributed by atoms with E-state index in [-0.39, 0.29) is 0 Å². The molecule has 6 aromatic carbocycles. The Hall–Kier alpha value is -4.30. The van der Waals surface area contributed by atoms with E-state index in [0.29, 0.717) is 6.71 Å².